The monoisotopic (exact) mass is 563 g/mol. The molecule has 2 fully saturated rings. The van der Waals surface area contributed by atoms with E-state index in [1.807, 2.05) is 0 Å². The molecule has 3 atom stereocenters. The second-order valence-electron chi connectivity index (χ2n) is 11.8. The molecule has 2 heterocycles. The number of fused-ring (bicyclic) bond motifs is 1. The van der Waals surface area contributed by atoms with Crippen molar-refractivity contribution in [3.63, 3.8) is 0 Å². The number of aliphatic imine (C=N–C) groups is 1. The molecule has 2 aromatic rings. The lowest BCUT2D eigenvalue weighted by Gasteiger charge is -2.45. The maximum Gasteiger partial charge on any atom is 0.438 e. The van der Waals surface area contributed by atoms with Crippen molar-refractivity contribution in [3.8, 4) is 11.1 Å². The molecule has 0 radical (unpaired) electrons. The summed E-state index contributed by atoms with van der Waals surface area (Å²) in [4.78, 5) is 34.7. The zero-order chi connectivity index (χ0) is 29.6. The van der Waals surface area contributed by atoms with Gasteiger partial charge in [0.05, 0.1) is 12.8 Å². The average Bonchev–Trinajstić information content (AvgIpc) is 3.60. The molecule has 1 saturated heterocycles. The van der Waals surface area contributed by atoms with Crippen LogP contribution >= 0.6 is 0 Å². The number of ether oxygens (including phenoxy) is 3. The quantitative estimate of drug-likeness (QED) is 0.513. The van der Waals surface area contributed by atoms with Crippen LogP contribution in [-0.2, 0) is 26.4 Å². The topological polar surface area (TPSA) is 111 Å². The first kappa shape index (κ1) is 29.3. The molecule has 3 unspecified atom stereocenters. The third kappa shape index (κ3) is 5.77. The van der Waals surface area contributed by atoms with Gasteiger partial charge in [-0.1, -0.05) is 0 Å². The molecular formula is C28H32F3N3O6. The highest BCUT2D eigenvalue weighted by Crippen LogP contribution is 2.56. The maximum atomic E-state index is 15.9. The van der Waals surface area contributed by atoms with Gasteiger partial charge in [-0.3, -0.25) is 4.98 Å². The number of carbonyl (C=O) groups excluding carboxylic acids is 2. The van der Waals surface area contributed by atoms with E-state index in [-0.39, 0.29) is 28.7 Å². The summed E-state index contributed by atoms with van der Waals surface area (Å²) in [6.45, 7) is 7.68. The predicted molar refractivity (Wildman–Crippen MR) is 138 cm³/mol. The Bertz CT molecular complexity index is 1350. The van der Waals surface area contributed by atoms with Crippen LogP contribution in [0.4, 0.5) is 22.8 Å². The van der Waals surface area contributed by atoms with Crippen LogP contribution in [-0.4, -0.2) is 57.2 Å². The molecule has 1 aromatic carbocycles. The molecule has 1 saturated carbocycles. The van der Waals surface area contributed by atoms with Crippen molar-refractivity contribution in [2.75, 3.05) is 6.67 Å². The summed E-state index contributed by atoms with van der Waals surface area (Å²) in [6.07, 6.45) is -0.414. The fraction of sp³-hybridized carbons (Fsp3) is 0.500. The van der Waals surface area contributed by atoms with E-state index in [9.17, 15) is 19.1 Å². The minimum Gasteiger partial charge on any atom is -0.461 e. The Balaban J connectivity index is 1.95. The van der Waals surface area contributed by atoms with Crippen molar-refractivity contribution < 1.29 is 42.1 Å². The van der Waals surface area contributed by atoms with E-state index in [0.717, 1.165) is 23.2 Å². The van der Waals surface area contributed by atoms with E-state index in [1.165, 1.54) is 12.3 Å². The number of nitrogens with zero attached hydrogens (tertiary/aromatic N) is 3. The Kier molecular flexibility index (Phi) is 7.61. The summed E-state index contributed by atoms with van der Waals surface area (Å²) in [6, 6.07) is 2.79. The van der Waals surface area contributed by atoms with Gasteiger partial charge < -0.3 is 19.3 Å². The number of benzene rings is 1. The number of alkyl halides is 1. The SMILES string of the molecule is CC(C)(C)OC(=O)N=C1OC2CC2C(CF)(c2cc(-c3cncc(F)c3)c(CO)cc2F)N1C(=O)OC(C)(C)C. The van der Waals surface area contributed by atoms with Crippen LogP contribution in [0, 0.1) is 17.6 Å². The largest absolute Gasteiger partial charge is 0.461 e. The number of aliphatic hydroxyl groups excluding tert-OH is 1. The number of pyridine rings is 1. The van der Waals surface area contributed by atoms with Crippen LogP contribution < -0.4 is 0 Å². The molecule has 1 aliphatic heterocycles. The number of hydrogen-bond acceptors (Lipinski definition) is 7. The highest BCUT2D eigenvalue weighted by atomic mass is 19.1. The Morgan fingerprint density at radius 2 is 1.80 bits per heavy atom. The van der Waals surface area contributed by atoms with Crippen molar-refractivity contribution in [2.45, 2.75) is 77.4 Å². The molecule has 4 rings (SSSR count). The van der Waals surface area contributed by atoms with E-state index >= 15 is 8.78 Å². The Morgan fingerprint density at radius 1 is 1.12 bits per heavy atom. The van der Waals surface area contributed by atoms with Crippen molar-refractivity contribution >= 4 is 18.2 Å². The van der Waals surface area contributed by atoms with Crippen molar-refractivity contribution in [2.24, 2.45) is 10.9 Å². The maximum absolute atomic E-state index is 15.9. The van der Waals surface area contributed by atoms with Crippen LogP contribution in [0.25, 0.3) is 11.1 Å². The summed E-state index contributed by atoms with van der Waals surface area (Å²) in [5.74, 6) is -2.36. The lowest BCUT2D eigenvalue weighted by Crippen LogP contribution is -2.61. The minimum atomic E-state index is -2.06. The Morgan fingerprint density at radius 3 is 2.38 bits per heavy atom. The smallest absolute Gasteiger partial charge is 0.438 e. The van der Waals surface area contributed by atoms with Gasteiger partial charge in [0.25, 0.3) is 0 Å². The first-order chi connectivity index (χ1) is 18.6. The Hall–Kier alpha value is -3.67. The van der Waals surface area contributed by atoms with Crippen LogP contribution in [0.2, 0.25) is 0 Å². The number of hydrogen-bond donors (Lipinski definition) is 1. The van der Waals surface area contributed by atoms with Crippen LogP contribution in [0.3, 0.4) is 0 Å². The lowest BCUT2D eigenvalue weighted by molar-refractivity contribution is -0.0218. The van der Waals surface area contributed by atoms with E-state index in [1.54, 1.807) is 41.5 Å². The van der Waals surface area contributed by atoms with Gasteiger partial charge in [0, 0.05) is 23.2 Å². The average molecular weight is 564 g/mol. The molecule has 2 aliphatic rings. The van der Waals surface area contributed by atoms with E-state index in [0.29, 0.717) is 0 Å². The number of amidine groups is 1. The molecule has 9 nitrogen and oxygen atoms in total. The van der Waals surface area contributed by atoms with Gasteiger partial charge in [0.1, 0.15) is 41.2 Å². The number of rotatable bonds is 4. The van der Waals surface area contributed by atoms with Gasteiger partial charge in [-0.15, -0.1) is 4.99 Å². The van der Waals surface area contributed by atoms with Gasteiger partial charge in [-0.2, -0.15) is 0 Å². The number of carbonyl (C=O) groups is 2. The lowest BCUT2D eigenvalue weighted by atomic mass is 9.81. The Labute approximate surface area is 230 Å². The normalized spacial score (nSPS) is 23.4. The first-order valence-electron chi connectivity index (χ1n) is 12.7. The van der Waals surface area contributed by atoms with Gasteiger partial charge >= 0.3 is 18.2 Å². The molecule has 1 aliphatic carbocycles. The van der Waals surface area contributed by atoms with Gasteiger partial charge in [-0.25, -0.2) is 27.7 Å². The summed E-state index contributed by atoms with van der Waals surface area (Å²) < 4.78 is 62.0. The highest BCUT2D eigenvalue weighted by molar-refractivity contribution is 5.98. The summed E-state index contributed by atoms with van der Waals surface area (Å²) >= 11 is 0. The van der Waals surface area contributed by atoms with Gasteiger partial charge in [0.2, 0.25) is 0 Å². The first-order valence-corrected chi connectivity index (χ1v) is 12.7. The van der Waals surface area contributed by atoms with E-state index < -0.39 is 71.9 Å². The fourth-order valence-corrected chi connectivity index (χ4v) is 4.77. The molecule has 40 heavy (non-hydrogen) atoms. The second-order valence-corrected chi connectivity index (χ2v) is 11.8. The molecule has 216 valence electrons. The van der Waals surface area contributed by atoms with Crippen molar-refractivity contribution in [1.29, 1.82) is 0 Å². The zero-order valence-electron chi connectivity index (χ0n) is 23.1. The zero-order valence-corrected chi connectivity index (χ0v) is 23.1. The molecule has 0 spiro atoms. The number of aromatic nitrogens is 1. The highest BCUT2D eigenvalue weighted by Gasteiger charge is 2.67. The standard InChI is InChI=1S/C28H32F3N3O6/c1-26(2,3)39-24(36)33-23-34(25(37)40-27(4,5)6)28(14-29,20-10-22(20)38-23)19-9-18(16(13-35)8-21(19)31)15-7-17(30)12-32-11-15/h7-9,11-12,20,22,35H,10,13-14H2,1-6H3. The van der Waals surface area contributed by atoms with Crippen LogP contribution in [0.5, 0.6) is 0 Å². The van der Waals surface area contributed by atoms with Crippen LogP contribution in [0.15, 0.2) is 35.6 Å². The third-order valence-electron chi connectivity index (χ3n) is 6.40. The molecule has 1 N–H and O–H groups in total. The van der Waals surface area contributed by atoms with Crippen molar-refractivity contribution in [1.82, 2.24) is 9.88 Å². The predicted octanol–water partition coefficient (Wildman–Crippen LogP) is 5.63. The van der Waals surface area contributed by atoms with Crippen molar-refractivity contribution in [3.05, 3.63) is 53.4 Å². The van der Waals surface area contributed by atoms with E-state index in [4.69, 9.17) is 14.2 Å². The summed E-state index contributed by atoms with van der Waals surface area (Å²) in [5, 5.41) is 9.93. The fourth-order valence-electron chi connectivity index (χ4n) is 4.77. The molecular weight excluding hydrogens is 531 g/mol. The number of amides is 2. The summed E-state index contributed by atoms with van der Waals surface area (Å²) in [5.41, 5.74) is -3.87. The van der Waals surface area contributed by atoms with Crippen LogP contribution in [0.1, 0.15) is 59.1 Å². The van der Waals surface area contributed by atoms with Gasteiger partial charge in [0.15, 0.2) is 0 Å². The second kappa shape index (κ2) is 10.4. The molecule has 12 heteroatoms. The minimum absolute atomic E-state index is 0.0912. The molecule has 2 amide bonds. The van der Waals surface area contributed by atoms with Gasteiger partial charge in [-0.05, 0) is 77.3 Å². The number of halogens is 3. The number of aliphatic hydroxyl groups is 1. The molecule has 1 aromatic heterocycles. The molecule has 0 bridgehead atoms. The van der Waals surface area contributed by atoms with E-state index in [2.05, 4.69) is 9.98 Å². The summed E-state index contributed by atoms with van der Waals surface area (Å²) in [7, 11) is 0. The third-order valence-corrected chi connectivity index (χ3v) is 6.40.